The number of rotatable bonds is 5. The van der Waals surface area contributed by atoms with E-state index >= 15 is 0 Å². The lowest BCUT2D eigenvalue weighted by atomic mass is 10.1. The number of carbonyl (C=O) groups excluding carboxylic acids is 1. The van der Waals surface area contributed by atoms with Gasteiger partial charge in [-0.3, -0.25) is 9.48 Å². The minimum absolute atomic E-state index is 0.237. The van der Waals surface area contributed by atoms with Crippen molar-refractivity contribution >= 4 is 5.91 Å². The van der Waals surface area contributed by atoms with Crippen molar-refractivity contribution in [1.29, 1.82) is 0 Å². The second-order valence-corrected chi connectivity index (χ2v) is 5.07. The van der Waals surface area contributed by atoms with Crippen LogP contribution in [0.15, 0.2) is 18.5 Å². The summed E-state index contributed by atoms with van der Waals surface area (Å²) in [5, 5.41) is 4.13. The van der Waals surface area contributed by atoms with Crippen LogP contribution in [0.25, 0.3) is 0 Å². The van der Waals surface area contributed by atoms with Gasteiger partial charge in [0, 0.05) is 38.4 Å². The van der Waals surface area contributed by atoms with Crippen molar-refractivity contribution in [3.63, 3.8) is 0 Å². The molecular weight excluding hydrogens is 228 g/mol. The third kappa shape index (κ3) is 3.32. The Bertz CT molecular complexity index is 376. The predicted molar refractivity (Wildman–Crippen MR) is 70.1 cm³/mol. The molecule has 1 aliphatic heterocycles. The average Bonchev–Trinajstić information content (AvgIpc) is 2.99. The standard InChI is InChI=1S/C13H22N4O/c1-15-7-3-5-12(15)11-13(18)16(2)9-10-17-8-4-6-14-17/h4,6,8,12H,3,5,7,9-11H2,1-2H3/t12-/m1/s1. The number of hydrogen-bond donors (Lipinski definition) is 0. The van der Waals surface area contributed by atoms with Gasteiger partial charge in [-0.15, -0.1) is 0 Å². The van der Waals surface area contributed by atoms with Gasteiger partial charge in [-0.05, 0) is 32.5 Å². The molecular formula is C13H22N4O. The molecule has 1 amide bonds. The normalized spacial score (nSPS) is 20.2. The molecule has 0 N–H and O–H groups in total. The zero-order chi connectivity index (χ0) is 13.0. The molecule has 0 radical (unpaired) electrons. The van der Waals surface area contributed by atoms with Gasteiger partial charge < -0.3 is 9.80 Å². The van der Waals surface area contributed by atoms with Crippen molar-refractivity contribution in [1.82, 2.24) is 19.6 Å². The summed E-state index contributed by atoms with van der Waals surface area (Å²) in [6.45, 7) is 2.60. The summed E-state index contributed by atoms with van der Waals surface area (Å²) in [5.74, 6) is 0.237. The first-order valence-corrected chi connectivity index (χ1v) is 6.58. The van der Waals surface area contributed by atoms with Gasteiger partial charge in [-0.1, -0.05) is 0 Å². The van der Waals surface area contributed by atoms with Crippen molar-refractivity contribution in [3.05, 3.63) is 18.5 Å². The molecule has 0 unspecified atom stereocenters. The molecule has 1 aromatic heterocycles. The fourth-order valence-electron chi connectivity index (χ4n) is 2.40. The van der Waals surface area contributed by atoms with Gasteiger partial charge in [0.1, 0.15) is 0 Å². The van der Waals surface area contributed by atoms with E-state index in [4.69, 9.17) is 0 Å². The first-order valence-electron chi connectivity index (χ1n) is 6.58. The summed E-state index contributed by atoms with van der Waals surface area (Å²) in [6.07, 6.45) is 6.69. The molecule has 5 nitrogen and oxygen atoms in total. The Morgan fingerprint density at radius 2 is 2.39 bits per heavy atom. The Balaban J connectivity index is 1.74. The average molecular weight is 250 g/mol. The number of likely N-dealkylation sites (tertiary alicyclic amines) is 1. The van der Waals surface area contributed by atoms with Crippen LogP contribution in [-0.4, -0.2) is 58.7 Å². The third-order valence-corrected chi connectivity index (χ3v) is 3.73. The molecule has 100 valence electrons. The number of carbonyl (C=O) groups is 1. The topological polar surface area (TPSA) is 41.4 Å². The van der Waals surface area contributed by atoms with Gasteiger partial charge in [-0.25, -0.2) is 0 Å². The number of nitrogens with zero attached hydrogens (tertiary/aromatic N) is 4. The van der Waals surface area contributed by atoms with Gasteiger partial charge in [0.15, 0.2) is 0 Å². The van der Waals surface area contributed by atoms with E-state index < -0.39 is 0 Å². The maximum Gasteiger partial charge on any atom is 0.223 e. The lowest BCUT2D eigenvalue weighted by Gasteiger charge is -2.23. The van der Waals surface area contributed by atoms with Crippen molar-refractivity contribution in [2.45, 2.75) is 31.8 Å². The van der Waals surface area contributed by atoms with Crippen LogP contribution in [-0.2, 0) is 11.3 Å². The third-order valence-electron chi connectivity index (χ3n) is 3.73. The van der Waals surface area contributed by atoms with Crippen LogP contribution < -0.4 is 0 Å². The van der Waals surface area contributed by atoms with Gasteiger partial charge in [-0.2, -0.15) is 5.10 Å². The van der Waals surface area contributed by atoms with Crippen molar-refractivity contribution in [2.24, 2.45) is 0 Å². The van der Waals surface area contributed by atoms with Crippen molar-refractivity contribution in [2.75, 3.05) is 27.2 Å². The summed E-state index contributed by atoms with van der Waals surface area (Å²) >= 11 is 0. The maximum atomic E-state index is 12.1. The molecule has 5 heteroatoms. The molecule has 1 saturated heterocycles. The summed E-state index contributed by atoms with van der Waals surface area (Å²) in [7, 11) is 3.98. The number of aromatic nitrogens is 2. The van der Waals surface area contributed by atoms with E-state index in [1.807, 2.05) is 28.9 Å². The number of likely N-dealkylation sites (N-methyl/N-ethyl adjacent to an activating group) is 1. The van der Waals surface area contributed by atoms with E-state index in [0.717, 1.165) is 26.1 Å². The highest BCUT2D eigenvalue weighted by atomic mass is 16.2. The molecule has 2 rings (SSSR count). The van der Waals surface area contributed by atoms with Crippen LogP contribution in [0.4, 0.5) is 0 Å². The van der Waals surface area contributed by atoms with Gasteiger partial charge >= 0.3 is 0 Å². The van der Waals surface area contributed by atoms with E-state index in [-0.39, 0.29) is 5.91 Å². The van der Waals surface area contributed by atoms with Gasteiger partial charge in [0.2, 0.25) is 5.91 Å². The molecule has 1 atom stereocenters. The highest BCUT2D eigenvalue weighted by Crippen LogP contribution is 2.18. The zero-order valence-electron chi connectivity index (χ0n) is 11.2. The van der Waals surface area contributed by atoms with Crippen molar-refractivity contribution in [3.8, 4) is 0 Å². The highest BCUT2D eigenvalue weighted by Gasteiger charge is 2.24. The Labute approximate surface area is 108 Å². The SMILES string of the molecule is CN(CCn1cccn1)C(=O)C[C@H]1CCCN1C. The summed E-state index contributed by atoms with van der Waals surface area (Å²) in [5.41, 5.74) is 0. The fourth-order valence-corrected chi connectivity index (χ4v) is 2.40. The smallest absolute Gasteiger partial charge is 0.223 e. The largest absolute Gasteiger partial charge is 0.344 e. The molecule has 1 aliphatic rings. The number of amides is 1. The summed E-state index contributed by atoms with van der Waals surface area (Å²) < 4.78 is 1.85. The van der Waals surface area contributed by atoms with Crippen LogP contribution in [0.3, 0.4) is 0 Å². The van der Waals surface area contributed by atoms with Crippen molar-refractivity contribution < 1.29 is 4.79 Å². The van der Waals surface area contributed by atoms with Gasteiger partial charge in [0.05, 0.1) is 6.54 Å². The second kappa shape index (κ2) is 6.00. The van der Waals surface area contributed by atoms with Crippen LogP contribution in [0.1, 0.15) is 19.3 Å². The van der Waals surface area contributed by atoms with Gasteiger partial charge in [0.25, 0.3) is 0 Å². The second-order valence-electron chi connectivity index (χ2n) is 5.07. The van der Waals surface area contributed by atoms with E-state index in [1.54, 1.807) is 6.20 Å². The molecule has 0 aliphatic carbocycles. The van der Waals surface area contributed by atoms with E-state index in [9.17, 15) is 4.79 Å². The monoisotopic (exact) mass is 250 g/mol. The molecule has 0 spiro atoms. The van der Waals surface area contributed by atoms with E-state index in [0.29, 0.717) is 12.5 Å². The fraction of sp³-hybridized carbons (Fsp3) is 0.692. The van der Waals surface area contributed by atoms with Crippen LogP contribution in [0, 0.1) is 0 Å². The van der Waals surface area contributed by atoms with E-state index in [2.05, 4.69) is 17.0 Å². The first kappa shape index (κ1) is 13.1. The Morgan fingerprint density at radius 1 is 1.56 bits per heavy atom. The minimum Gasteiger partial charge on any atom is -0.344 e. The molecule has 2 heterocycles. The highest BCUT2D eigenvalue weighted by molar-refractivity contribution is 5.76. The maximum absolute atomic E-state index is 12.1. The van der Waals surface area contributed by atoms with Crippen LogP contribution in [0.5, 0.6) is 0 Å². The Kier molecular flexibility index (Phi) is 4.36. The van der Waals surface area contributed by atoms with Crippen LogP contribution >= 0.6 is 0 Å². The Hall–Kier alpha value is -1.36. The summed E-state index contributed by atoms with van der Waals surface area (Å²) in [6, 6.07) is 2.33. The molecule has 0 aromatic carbocycles. The minimum atomic E-state index is 0.237. The molecule has 0 saturated carbocycles. The lowest BCUT2D eigenvalue weighted by Crippen LogP contribution is -2.35. The predicted octanol–water partition coefficient (Wildman–Crippen LogP) is 0.826. The zero-order valence-corrected chi connectivity index (χ0v) is 11.2. The summed E-state index contributed by atoms with van der Waals surface area (Å²) in [4.78, 5) is 16.2. The van der Waals surface area contributed by atoms with E-state index in [1.165, 1.54) is 6.42 Å². The Morgan fingerprint density at radius 3 is 3.00 bits per heavy atom. The first-order chi connectivity index (χ1) is 8.66. The molecule has 1 fully saturated rings. The molecule has 1 aromatic rings. The lowest BCUT2D eigenvalue weighted by molar-refractivity contribution is -0.131. The quantitative estimate of drug-likeness (QED) is 0.777. The number of hydrogen-bond acceptors (Lipinski definition) is 3. The molecule has 18 heavy (non-hydrogen) atoms. The van der Waals surface area contributed by atoms with Crippen LogP contribution in [0.2, 0.25) is 0 Å². The molecule has 0 bridgehead atoms.